The van der Waals surface area contributed by atoms with Crippen LogP contribution in [0, 0.1) is 5.92 Å². The molecule has 2 aliphatic rings. The van der Waals surface area contributed by atoms with Gasteiger partial charge < -0.3 is 15.0 Å². The number of ether oxygens (including phenoxy) is 1. The van der Waals surface area contributed by atoms with Gasteiger partial charge in [0, 0.05) is 36.9 Å². The molecule has 0 aromatic heterocycles. The van der Waals surface area contributed by atoms with E-state index in [1.165, 1.54) is 18.5 Å². The average molecular weight is 246 g/mol. The number of rotatable bonds is 3. The number of hydrogen-bond donors (Lipinski definition) is 1. The van der Waals surface area contributed by atoms with Crippen LogP contribution in [0.25, 0.3) is 0 Å². The van der Waals surface area contributed by atoms with Crippen LogP contribution in [-0.4, -0.2) is 32.3 Å². The van der Waals surface area contributed by atoms with Gasteiger partial charge >= 0.3 is 0 Å². The second-order valence-corrected chi connectivity index (χ2v) is 5.56. The molecule has 2 unspecified atom stereocenters. The van der Waals surface area contributed by atoms with Gasteiger partial charge in [-0.3, -0.25) is 0 Å². The van der Waals surface area contributed by atoms with Gasteiger partial charge in [-0.2, -0.15) is 0 Å². The maximum Gasteiger partial charge on any atom is 0.120 e. The first-order valence-corrected chi connectivity index (χ1v) is 6.92. The highest BCUT2D eigenvalue weighted by molar-refractivity contribution is 5.52. The third kappa shape index (κ3) is 2.32. The molecule has 0 radical (unpaired) electrons. The largest absolute Gasteiger partial charge is 0.497 e. The summed E-state index contributed by atoms with van der Waals surface area (Å²) in [5.74, 6) is 1.85. The van der Waals surface area contributed by atoms with Crippen LogP contribution in [0.2, 0.25) is 0 Å². The van der Waals surface area contributed by atoms with Crippen molar-refractivity contribution in [2.75, 3.05) is 25.1 Å². The SMILES string of the molecule is COc1cccc(N2CC(C3CC3)NCC2C)c1. The molecule has 1 aromatic carbocycles. The summed E-state index contributed by atoms with van der Waals surface area (Å²) in [4.78, 5) is 2.52. The first-order valence-electron chi connectivity index (χ1n) is 6.92. The lowest BCUT2D eigenvalue weighted by Crippen LogP contribution is -2.56. The zero-order valence-electron chi connectivity index (χ0n) is 11.2. The zero-order chi connectivity index (χ0) is 12.5. The maximum atomic E-state index is 5.33. The minimum Gasteiger partial charge on any atom is -0.497 e. The highest BCUT2D eigenvalue weighted by atomic mass is 16.5. The molecule has 1 saturated carbocycles. The van der Waals surface area contributed by atoms with Gasteiger partial charge in [0.05, 0.1) is 7.11 Å². The fourth-order valence-corrected chi connectivity index (χ4v) is 2.85. The molecular weight excluding hydrogens is 224 g/mol. The van der Waals surface area contributed by atoms with Crippen LogP contribution in [0.5, 0.6) is 5.75 Å². The summed E-state index contributed by atoms with van der Waals surface area (Å²) < 4.78 is 5.33. The van der Waals surface area contributed by atoms with Crippen LogP contribution < -0.4 is 15.0 Å². The molecule has 1 aliphatic carbocycles. The zero-order valence-corrected chi connectivity index (χ0v) is 11.2. The molecule has 3 heteroatoms. The van der Waals surface area contributed by atoms with Crippen LogP contribution >= 0.6 is 0 Å². The van der Waals surface area contributed by atoms with E-state index < -0.39 is 0 Å². The molecule has 1 heterocycles. The molecule has 0 spiro atoms. The second kappa shape index (κ2) is 4.81. The molecule has 98 valence electrons. The standard InChI is InChI=1S/C15H22N2O/c1-11-9-16-15(12-6-7-12)10-17(11)13-4-3-5-14(8-13)18-2/h3-5,8,11-12,15-16H,6-7,9-10H2,1-2H3. The summed E-state index contributed by atoms with van der Waals surface area (Å²) in [6.45, 7) is 4.49. The van der Waals surface area contributed by atoms with Crippen molar-refractivity contribution >= 4 is 5.69 Å². The lowest BCUT2D eigenvalue weighted by atomic mass is 10.1. The van der Waals surface area contributed by atoms with Gasteiger partial charge in [-0.25, -0.2) is 0 Å². The lowest BCUT2D eigenvalue weighted by Gasteiger charge is -2.40. The number of anilines is 1. The van der Waals surface area contributed by atoms with E-state index >= 15 is 0 Å². The van der Waals surface area contributed by atoms with E-state index in [4.69, 9.17) is 4.74 Å². The van der Waals surface area contributed by atoms with Crippen molar-refractivity contribution in [2.45, 2.75) is 31.8 Å². The minimum atomic E-state index is 0.548. The Balaban J connectivity index is 1.78. The van der Waals surface area contributed by atoms with E-state index in [0.717, 1.165) is 24.8 Å². The molecule has 1 aliphatic heterocycles. The number of methoxy groups -OCH3 is 1. The Kier molecular flexibility index (Phi) is 3.16. The van der Waals surface area contributed by atoms with Crippen molar-refractivity contribution in [3.8, 4) is 5.75 Å². The Hall–Kier alpha value is -1.22. The van der Waals surface area contributed by atoms with Gasteiger partial charge in [-0.15, -0.1) is 0 Å². The number of piperazine rings is 1. The number of hydrogen-bond acceptors (Lipinski definition) is 3. The Morgan fingerprint density at radius 2 is 2.17 bits per heavy atom. The van der Waals surface area contributed by atoms with Crippen molar-refractivity contribution < 1.29 is 4.74 Å². The Morgan fingerprint density at radius 1 is 1.33 bits per heavy atom. The number of nitrogens with zero attached hydrogens (tertiary/aromatic N) is 1. The molecule has 2 fully saturated rings. The van der Waals surface area contributed by atoms with Crippen molar-refractivity contribution in [2.24, 2.45) is 5.92 Å². The van der Waals surface area contributed by atoms with Gasteiger partial charge in [0.25, 0.3) is 0 Å². The third-order valence-corrected chi connectivity index (χ3v) is 4.18. The monoisotopic (exact) mass is 246 g/mol. The molecule has 1 N–H and O–H groups in total. The average Bonchev–Trinajstić information content (AvgIpc) is 3.24. The van der Waals surface area contributed by atoms with Crippen molar-refractivity contribution in [3.05, 3.63) is 24.3 Å². The van der Waals surface area contributed by atoms with Gasteiger partial charge in [0.2, 0.25) is 0 Å². The van der Waals surface area contributed by atoms with E-state index in [1.807, 2.05) is 6.07 Å². The van der Waals surface area contributed by atoms with Crippen LogP contribution in [0.3, 0.4) is 0 Å². The molecule has 1 saturated heterocycles. The van der Waals surface area contributed by atoms with E-state index in [9.17, 15) is 0 Å². The minimum absolute atomic E-state index is 0.548. The topological polar surface area (TPSA) is 24.5 Å². The quantitative estimate of drug-likeness (QED) is 0.885. The summed E-state index contributed by atoms with van der Waals surface area (Å²) in [5, 5.41) is 3.69. The fraction of sp³-hybridized carbons (Fsp3) is 0.600. The normalized spacial score (nSPS) is 28.2. The van der Waals surface area contributed by atoms with E-state index in [0.29, 0.717) is 12.1 Å². The van der Waals surface area contributed by atoms with Crippen molar-refractivity contribution in [1.82, 2.24) is 5.32 Å². The first-order chi connectivity index (χ1) is 8.78. The molecule has 0 bridgehead atoms. The summed E-state index contributed by atoms with van der Waals surface area (Å²) in [7, 11) is 1.73. The molecular formula is C15H22N2O. The Bertz CT molecular complexity index is 417. The number of benzene rings is 1. The van der Waals surface area contributed by atoms with E-state index in [2.05, 4.69) is 35.3 Å². The number of nitrogens with one attached hydrogen (secondary N) is 1. The van der Waals surface area contributed by atoms with Crippen molar-refractivity contribution in [1.29, 1.82) is 0 Å². The summed E-state index contributed by atoms with van der Waals surface area (Å²) in [6, 6.07) is 9.64. The van der Waals surface area contributed by atoms with Gasteiger partial charge in [0.15, 0.2) is 0 Å². The summed E-state index contributed by atoms with van der Waals surface area (Å²) in [6.07, 6.45) is 2.80. The molecule has 18 heavy (non-hydrogen) atoms. The molecule has 0 amide bonds. The molecule has 3 rings (SSSR count). The molecule has 1 aromatic rings. The Labute approximate surface area is 109 Å². The first kappa shape index (κ1) is 11.8. The van der Waals surface area contributed by atoms with E-state index in [-0.39, 0.29) is 0 Å². The molecule has 3 nitrogen and oxygen atoms in total. The van der Waals surface area contributed by atoms with Crippen LogP contribution in [0.4, 0.5) is 5.69 Å². The van der Waals surface area contributed by atoms with E-state index in [1.54, 1.807) is 7.11 Å². The highest BCUT2D eigenvalue weighted by Crippen LogP contribution is 2.35. The predicted molar refractivity (Wildman–Crippen MR) is 74.3 cm³/mol. The summed E-state index contributed by atoms with van der Waals surface area (Å²) >= 11 is 0. The van der Waals surface area contributed by atoms with Crippen LogP contribution in [0.15, 0.2) is 24.3 Å². The van der Waals surface area contributed by atoms with Gasteiger partial charge in [-0.05, 0) is 37.8 Å². The van der Waals surface area contributed by atoms with Crippen LogP contribution in [-0.2, 0) is 0 Å². The fourth-order valence-electron chi connectivity index (χ4n) is 2.85. The Morgan fingerprint density at radius 3 is 2.89 bits per heavy atom. The third-order valence-electron chi connectivity index (χ3n) is 4.18. The van der Waals surface area contributed by atoms with Crippen molar-refractivity contribution in [3.63, 3.8) is 0 Å². The molecule has 2 atom stereocenters. The maximum absolute atomic E-state index is 5.33. The second-order valence-electron chi connectivity index (χ2n) is 5.56. The smallest absolute Gasteiger partial charge is 0.120 e. The van der Waals surface area contributed by atoms with Gasteiger partial charge in [0.1, 0.15) is 5.75 Å². The lowest BCUT2D eigenvalue weighted by molar-refractivity contribution is 0.375. The van der Waals surface area contributed by atoms with Gasteiger partial charge in [-0.1, -0.05) is 6.07 Å². The predicted octanol–water partition coefficient (Wildman–Crippen LogP) is 2.27. The van der Waals surface area contributed by atoms with Crippen LogP contribution in [0.1, 0.15) is 19.8 Å². The highest BCUT2D eigenvalue weighted by Gasteiger charge is 2.36. The summed E-state index contributed by atoms with van der Waals surface area (Å²) in [5.41, 5.74) is 1.29.